The second-order valence-electron chi connectivity index (χ2n) is 10.9. The predicted molar refractivity (Wildman–Crippen MR) is 152 cm³/mol. The minimum Gasteiger partial charge on any atom is -0.458 e. The number of benzene rings is 3. The molecule has 1 aliphatic carbocycles. The number of ketones is 1. The molecule has 0 spiro atoms. The highest BCUT2D eigenvalue weighted by Crippen LogP contribution is 2.49. The summed E-state index contributed by atoms with van der Waals surface area (Å²) in [6, 6.07) is 25.2. The Morgan fingerprint density at radius 1 is 0.950 bits per heavy atom. The van der Waals surface area contributed by atoms with E-state index in [4.69, 9.17) is 4.42 Å². The van der Waals surface area contributed by atoms with E-state index in [0.29, 0.717) is 46.7 Å². The van der Waals surface area contributed by atoms with Gasteiger partial charge < -0.3 is 9.73 Å². The van der Waals surface area contributed by atoms with Crippen molar-refractivity contribution < 1.29 is 18.9 Å². The van der Waals surface area contributed by atoms with E-state index < -0.39 is 11.0 Å². The lowest BCUT2D eigenvalue weighted by molar-refractivity contribution is -0.384. The normalized spacial score (nSPS) is 17.9. The third kappa shape index (κ3) is 4.37. The van der Waals surface area contributed by atoms with E-state index in [1.807, 2.05) is 30.3 Å². The van der Waals surface area contributed by atoms with Crippen LogP contribution in [0.1, 0.15) is 48.8 Å². The van der Waals surface area contributed by atoms with Crippen LogP contribution >= 0.6 is 0 Å². The summed E-state index contributed by atoms with van der Waals surface area (Å²) in [5.41, 5.74) is 2.91. The molecule has 8 nitrogen and oxygen atoms in total. The Labute approximate surface area is 231 Å². The van der Waals surface area contributed by atoms with Crippen molar-refractivity contribution in [2.24, 2.45) is 5.41 Å². The zero-order valence-electron chi connectivity index (χ0n) is 22.1. The molecule has 40 heavy (non-hydrogen) atoms. The largest absolute Gasteiger partial charge is 0.458 e. The summed E-state index contributed by atoms with van der Waals surface area (Å²) in [6.07, 6.45) is 0.912. The molecule has 0 saturated carbocycles. The van der Waals surface area contributed by atoms with Crippen LogP contribution in [0.15, 0.2) is 107 Å². The van der Waals surface area contributed by atoms with Gasteiger partial charge in [0.25, 0.3) is 11.6 Å². The van der Waals surface area contributed by atoms with Crippen LogP contribution in [-0.2, 0) is 4.79 Å². The number of carbonyl (C=O) groups is 2. The summed E-state index contributed by atoms with van der Waals surface area (Å²) in [7, 11) is 0. The number of anilines is 2. The number of nitrogens with one attached hydrogen (secondary N) is 1. The number of amides is 1. The molecule has 1 amide bonds. The lowest BCUT2D eigenvalue weighted by Gasteiger charge is -2.36. The van der Waals surface area contributed by atoms with Gasteiger partial charge in [-0.3, -0.25) is 24.6 Å². The highest BCUT2D eigenvalue weighted by molar-refractivity contribution is 6.11. The van der Waals surface area contributed by atoms with Crippen LogP contribution in [0.3, 0.4) is 0 Å². The van der Waals surface area contributed by atoms with E-state index in [-0.39, 0.29) is 28.6 Å². The number of nitro benzene ring substituents is 1. The molecule has 1 aliphatic heterocycles. The molecule has 6 rings (SSSR count). The summed E-state index contributed by atoms with van der Waals surface area (Å²) >= 11 is 0. The van der Waals surface area contributed by atoms with Crippen molar-refractivity contribution in [3.05, 3.63) is 124 Å². The lowest BCUT2D eigenvalue weighted by atomic mass is 9.74. The van der Waals surface area contributed by atoms with Crippen molar-refractivity contribution >= 4 is 28.8 Å². The SMILES string of the molecule is CC1(C)CC(=O)C2=C(C1)Nc1ccccc1N(C(=O)c1ccccc1)[C@@H]2c1ccc(-c2ccccc2[N+](=O)[O-])o1. The Morgan fingerprint density at radius 2 is 1.65 bits per heavy atom. The van der Waals surface area contributed by atoms with Gasteiger partial charge in [0.15, 0.2) is 5.78 Å². The fourth-order valence-electron chi connectivity index (χ4n) is 5.69. The van der Waals surface area contributed by atoms with Gasteiger partial charge in [-0.25, -0.2) is 0 Å². The van der Waals surface area contributed by atoms with E-state index in [9.17, 15) is 19.7 Å². The van der Waals surface area contributed by atoms with Crippen LogP contribution in [0.4, 0.5) is 17.1 Å². The van der Waals surface area contributed by atoms with Gasteiger partial charge in [-0.05, 0) is 54.3 Å². The average Bonchev–Trinajstić information content (AvgIpc) is 3.37. The van der Waals surface area contributed by atoms with E-state index >= 15 is 0 Å². The number of nitrogens with zero attached hydrogens (tertiary/aromatic N) is 2. The van der Waals surface area contributed by atoms with Crippen molar-refractivity contribution in [1.82, 2.24) is 0 Å². The number of para-hydroxylation sites is 3. The molecule has 0 saturated heterocycles. The van der Waals surface area contributed by atoms with Gasteiger partial charge >= 0.3 is 0 Å². The van der Waals surface area contributed by atoms with Gasteiger partial charge in [-0.2, -0.15) is 0 Å². The van der Waals surface area contributed by atoms with E-state index in [0.717, 1.165) is 5.70 Å². The number of Topliss-reactive ketones (excluding diaryl/α,β-unsaturated/α-hetero) is 1. The molecule has 4 aromatic rings. The van der Waals surface area contributed by atoms with E-state index in [1.54, 1.807) is 59.5 Å². The summed E-state index contributed by atoms with van der Waals surface area (Å²) in [6.45, 7) is 4.10. The smallest absolute Gasteiger partial charge is 0.280 e. The summed E-state index contributed by atoms with van der Waals surface area (Å²) in [5, 5.41) is 15.2. The molecule has 1 N–H and O–H groups in total. The summed E-state index contributed by atoms with van der Waals surface area (Å²) in [4.78, 5) is 41.0. The quantitative estimate of drug-likeness (QED) is 0.218. The number of carbonyl (C=O) groups excluding carboxylic acids is 2. The number of rotatable bonds is 4. The Hall–Kier alpha value is -4.98. The summed E-state index contributed by atoms with van der Waals surface area (Å²) in [5.74, 6) is 0.253. The van der Waals surface area contributed by atoms with Crippen molar-refractivity contribution in [2.75, 3.05) is 10.2 Å². The molecule has 1 atom stereocenters. The van der Waals surface area contributed by atoms with Gasteiger partial charge in [0.1, 0.15) is 17.6 Å². The van der Waals surface area contributed by atoms with Gasteiger partial charge in [-0.15, -0.1) is 0 Å². The first-order valence-corrected chi connectivity index (χ1v) is 13.1. The molecule has 0 radical (unpaired) electrons. The van der Waals surface area contributed by atoms with Gasteiger partial charge in [0.05, 0.1) is 21.9 Å². The van der Waals surface area contributed by atoms with E-state index in [1.165, 1.54) is 6.07 Å². The third-order valence-corrected chi connectivity index (χ3v) is 7.40. The van der Waals surface area contributed by atoms with Gasteiger partial charge in [0.2, 0.25) is 0 Å². The minimum atomic E-state index is -0.890. The van der Waals surface area contributed by atoms with Crippen LogP contribution in [0.25, 0.3) is 11.3 Å². The number of hydrogen-bond donors (Lipinski definition) is 1. The summed E-state index contributed by atoms with van der Waals surface area (Å²) < 4.78 is 6.32. The van der Waals surface area contributed by atoms with Gasteiger partial charge in [0, 0.05) is 29.3 Å². The van der Waals surface area contributed by atoms with Crippen molar-refractivity contribution in [3.63, 3.8) is 0 Å². The highest BCUT2D eigenvalue weighted by Gasteiger charge is 2.44. The molecule has 3 aromatic carbocycles. The topological polar surface area (TPSA) is 106 Å². The minimum absolute atomic E-state index is 0.0777. The van der Waals surface area contributed by atoms with Crippen LogP contribution in [0.2, 0.25) is 0 Å². The number of allylic oxidation sites excluding steroid dienone is 1. The molecule has 8 heteroatoms. The van der Waals surface area contributed by atoms with Crippen molar-refractivity contribution in [3.8, 4) is 11.3 Å². The molecular formula is C32H27N3O5. The maximum Gasteiger partial charge on any atom is 0.280 e. The first-order chi connectivity index (χ1) is 19.2. The fraction of sp³-hybridized carbons (Fsp3) is 0.188. The maximum atomic E-state index is 14.3. The van der Waals surface area contributed by atoms with Crippen LogP contribution in [-0.4, -0.2) is 16.6 Å². The van der Waals surface area contributed by atoms with E-state index in [2.05, 4.69) is 19.2 Å². The Bertz CT molecular complexity index is 1690. The molecule has 200 valence electrons. The van der Waals surface area contributed by atoms with Crippen molar-refractivity contribution in [1.29, 1.82) is 0 Å². The number of nitro groups is 1. The number of hydrogen-bond acceptors (Lipinski definition) is 6. The van der Waals surface area contributed by atoms with Crippen LogP contribution < -0.4 is 10.2 Å². The first kappa shape index (κ1) is 25.3. The zero-order valence-corrected chi connectivity index (χ0v) is 22.1. The Morgan fingerprint density at radius 3 is 2.42 bits per heavy atom. The monoisotopic (exact) mass is 533 g/mol. The number of fused-ring (bicyclic) bond motifs is 1. The fourth-order valence-corrected chi connectivity index (χ4v) is 5.69. The Balaban J connectivity index is 1.59. The molecule has 2 aliphatic rings. The third-order valence-electron chi connectivity index (χ3n) is 7.40. The lowest BCUT2D eigenvalue weighted by Crippen LogP contribution is -2.39. The molecule has 0 bridgehead atoms. The predicted octanol–water partition coefficient (Wildman–Crippen LogP) is 7.31. The maximum absolute atomic E-state index is 14.3. The van der Waals surface area contributed by atoms with Crippen LogP contribution in [0, 0.1) is 15.5 Å². The average molecular weight is 534 g/mol. The molecule has 2 heterocycles. The molecule has 0 unspecified atom stereocenters. The van der Waals surface area contributed by atoms with Crippen molar-refractivity contribution in [2.45, 2.75) is 32.7 Å². The standard InChI is InChI=1S/C32H27N3O5/c1-32(2)18-23-29(26(36)19-32)30(28-17-16-27(40-28)21-12-6-8-14-24(21)35(38)39)34(25-15-9-7-13-22(25)33-23)31(37)20-10-4-3-5-11-20/h3-17,30,33H,18-19H2,1-2H3/t30-/m1/s1. The zero-order chi connectivity index (χ0) is 28.0. The Kier molecular flexibility index (Phi) is 6.10. The molecular weight excluding hydrogens is 506 g/mol. The second kappa shape index (κ2) is 9.64. The molecule has 0 fully saturated rings. The van der Waals surface area contributed by atoms with Crippen LogP contribution in [0.5, 0.6) is 0 Å². The number of furan rings is 1. The first-order valence-electron chi connectivity index (χ1n) is 13.1. The second-order valence-corrected chi connectivity index (χ2v) is 10.9. The molecule has 1 aromatic heterocycles. The highest BCUT2D eigenvalue weighted by atomic mass is 16.6. The van der Waals surface area contributed by atoms with Gasteiger partial charge in [-0.1, -0.05) is 56.3 Å².